The maximum atomic E-state index is 13.7. The van der Waals surface area contributed by atoms with Crippen molar-refractivity contribution in [3.63, 3.8) is 0 Å². The van der Waals surface area contributed by atoms with Crippen LogP contribution in [0.2, 0.25) is 0 Å². The van der Waals surface area contributed by atoms with Crippen molar-refractivity contribution in [1.29, 1.82) is 0 Å². The van der Waals surface area contributed by atoms with Gasteiger partial charge in [0, 0.05) is 0 Å². The number of thiophene rings is 1. The summed E-state index contributed by atoms with van der Waals surface area (Å²) in [6, 6.07) is 14.1. The van der Waals surface area contributed by atoms with Gasteiger partial charge < -0.3 is 5.32 Å². The first-order valence-electron chi connectivity index (χ1n) is 8.33. The third-order valence-electron chi connectivity index (χ3n) is 4.55. The van der Waals surface area contributed by atoms with Crippen LogP contribution in [0.3, 0.4) is 0 Å². The van der Waals surface area contributed by atoms with Crippen molar-refractivity contribution in [2.75, 3.05) is 10.2 Å². The quantitative estimate of drug-likeness (QED) is 0.503. The summed E-state index contributed by atoms with van der Waals surface area (Å²) in [6.07, 6.45) is 1.45. The molecular formula is C20H13FN4OS. The molecule has 0 fully saturated rings. The Hall–Kier alpha value is -3.32. The lowest BCUT2D eigenvalue weighted by Gasteiger charge is -2.27. The zero-order valence-corrected chi connectivity index (χ0v) is 15.0. The molecule has 0 unspecified atom stereocenters. The molecule has 0 aliphatic carbocycles. The van der Waals surface area contributed by atoms with Crippen LogP contribution in [-0.4, -0.2) is 16.0 Å². The Bertz CT molecular complexity index is 1210. The predicted molar refractivity (Wildman–Crippen MR) is 105 cm³/mol. The summed E-state index contributed by atoms with van der Waals surface area (Å²) in [7, 11) is 0. The van der Waals surface area contributed by atoms with E-state index >= 15 is 0 Å². The van der Waals surface area contributed by atoms with Gasteiger partial charge in [-0.05, 0) is 36.2 Å². The highest BCUT2D eigenvalue weighted by atomic mass is 32.1. The number of halogens is 1. The second-order valence-electron chi connectivity index (χ2n) is 6.25. The summed E-state index contributed by atoms with van der Waals surface area (Å²) in [5.41, 5.74) is 2.75. The van der Waals surface area contributed by atoms with Gasteiger partial charge in [-0.25, -0.2) is 24.1 Å². The molecule has 1 aliphatic rings. The van der Waals surface area contributed by atoms with E-state index in [0.717, 1.165) is 26.3 Å². The number of rotatable bonds is 2. The maximum Gasteiger partial charge on any atom is 0.332 e. The number of hydrogen-bond donors (Lipinski definition) is 1. The zero-order valence-electron chi connectivity index (χ0n) is 14.2. The third-order valence-corrected chi connectivity index (χ3v) is 5.70. The van der Waals surface area contributed by atoms with Crippen LogP contribution in [0, 0.1) is 12.7 Å². The number of nitrogens with one attached hydrogen (secondary N) is 1. The second-order valence-corrected chi connectivity index (χ2v) is 7.25. The normalized spacial score (nSPS) is 13.1. The van der Waals surface area contributed by atoms with E-state index in [1.165, 1.54) is 28.6 Å². The molecule has 0 spiro atoms. The smallest absolute Gasteiger partial charge is 0.305 e. The Morgan fingerprint density at radius 2 is 1.93 bits per heavy atom. The number of aryl methyl sites for hydroxylation is 1. The Kier molecular flexibility index (Phi) is 3.45. The molecular weight excluding hydrogens is 363 g/mol. The molecule has 4 aromatic rings. The minimum absolute atomic E-state index is 0.313. The lowest BCUT2D eigenvalue weighted by Crippen LogP contribution is -2.34. The Morgan fingerprint density at radius 3 is 2.70 bits per heavy atom. The van der Waals surface area contributed by atoms with Crippen molar-refractivity contribution in [2.45, 2.75) is 6.92 Å². The van der Waals surface area contributed by atoms with Gasteiger partial charge in [0.1, 0.15) is 17.0 Å². The molecule has 0 atom stereocenters. The van der Waals surface area contributed by atoms with Crippen molar-refractivity contribution in [1.82, 2.24) is 9.97 Å². The second kappa shape index (κ2) is 5.85. The van der Waals surface area contributed by atoms with Gasteiger partial charge in [0.15, 0.2) is 5.82 Å². The largest absolute Gasteiger partial charge is 0.332 e. The van der Waals surface area contributed by atoms with Crippen LogP contribution in [0.4, 0.5) is 26.4 Å². The molecule has 5 rings (SSSR count). The standard InChI is InChI=1S/C20H13FN4OS/c1-11-9-13(7-8-14(11)21)25-18-15-16(24-20(25)26)17(12-5-3-2-4-6-12)27-19(15)23-10-22-18/h2-10H,1H3,(H,24,26). The SMILES string of the molecule is Cc1cc(N2C(=O)Nc3c(-c4ccccc4)sc4ncnc2c34)ccc1F. The molecule has 0 radical (unpaired) electrons. The lowest BCUT2D eigenvalue weighted by molar-refractivity contribution is 0.258. The van der Waals surface area contributed by atoms with Crippen molar-refractivity contribution in [3.8, 4) is 10.4 Å². The average Bonchev–Trinajstić information content (AvgIpc) is 3.05. The van der Waals surface area contributed by atoms with Crippen LogP contribution < -0.4 is 10.2 Å². The molecule has 1 aliphatic heterocycles. The number of anilines is 3. The monoisotopic (exact) mass is 376 g/mol. The van der Waals surface area contributed by atoms with Crippen LogP contribution in [0.25, 0.3) is 20.7 Å². The number of aromatic nitrogens is 2. The maximum absolute atomic E-state index is 13.7. The fourth-order valence-electron chi connectivity index (χ4n) is 3.27. The Balaban J connectivity index is 1.76. The first-order valence-corrected chi connectivity index (χ1v) is 9.15. The molecule has 0 saturated carbocycles. The first kappa shape index (κ1) is 15.9. The van der Waals surface area contributed by atoms with Crippen molar-refractivity contribution >= 4 is 44.8 Å². The Morgan fingerprint density at radius 1 is 1.11 bits per heavy atom. The minimum Gasteiger partial charge on any atom is -0.305 e. The van der Waals surface area contributed by atoms with E-state index in [-0.39, 0.29) is 11.8 Å². The molecule has 0 bridgehead atoms. The predicted octanol–water partition coefficient (Wildman–Crippen LogP) is 5.49. The summed E-state index contributed by atoms with van der Waals surface area (Å²) in [5.74, 6) is 0.190. The summed E-state index contributed by atoms with van der Waals surface area (Å²) in [5, 5.41) is 3.77. The summed E-state index contributed by atoms with van der Waals surface area (Å²) < 4.78 is 13.7. The van der Waals surface area contributed by atoms with E-state index in [4.69, 9.17) is 0 Å². The van der Waals surface area contributed by atoms with Gasteiger partial charge in [-0.2, -0.15) is 0 Å². The molecule has 27 heavy (non-hydrogen) atoms. The molecule has 2 aromatic heterocycles. The van der Waals surface area contributed by atoms with E-state index in [1.54, 1.807) is 19.1 Å². The van der Waals surface area contributed by atoms with E-state index in [9.17, 15) is 9.18 Å². The van der Waals surface area contributed by atoms with E-state index in [2.05, 4.69) is 15.3 Å². The van der Waals surface area contributed by atoms with Gasteiger partial charge in [0.25, 0.3) is 0 Å². The van der Waals surface area contributed by atoms with Crippen molar-refractivity contribution in [3.05, 3.63) is 66.2 Å². The molecule has 0 saturated heterocycles. The summed E-state index contributed by atoms with van der Waals surface area (Å²) in [4.78, 5) is 24.9. The number of carbonyl (C=O) groups excluding carboxylic acids is 1. The third kappa shape index (κ3) is 2.39. The molecule has 2 amide bonds. The lowest BCUT2D eigenvalue weighted by atomic mass is 10.1. The minimum atomic E-state index is -0.330. The van der Waals surface area contributed by atoms with Crippen LogP contribution in [0.15, 0.2) is 54.9 Å². The van der Waals surface area contributed by atoms with Gasteiger partial charge in [-0.15, -0.1) is 11.3 Å². The average molecular weight is 376 g/mol. The Labute approximate surface area is 158 Å². The van der Waals surface area contributed by atoms with Crippen molar-refractivity contribution < 1.29 is 9.18 Å². The summed E-state index contributed by atoms with van der Waals surface area (Å²) in [6.45, 7) is 1.67. The van der Waals surface area contributed by atoms with Gasteiger partial charge >= 0.3 is 6.03 Å². The summed E-state index contributed by atoms with van der Waals surface area (Å²) >= 11 is 1.51. The molecule has 2 aromatic carbocycles. The van der Waals surface area contributed by atoms with E-state index in [0.29, 0.717) is 17.1 Å². The molecule has 5 nitrogen and oxygen atoms in total. The van der Waals surface area contributed by atoms with Gasteiger partial charge in [-0.3, -0.25) is 0 Å². The molecule has 7 heteroatoms. The van der Waals surface area contributed by atoms with Crippen LogP contribution in [0.5, 0.6) is 0 Å². The zero-order chi connectivity index (χ0) is 18.5. The number of urea groups is 1. The number of carbonyl (C=O) groups is 1. The van der Waals surface area contributed by atoms with Crippen LogP contribution in [0.1, 0.15) is 5.56 Å². The highest BCUT2D eigenvalue weighted by molar-refractivity contribution is 7.22. The van der Waals surface area contributed by atoms with Gasteiger partial charge in [0.2, 0.25) is 0 Å². The van der Waals surface area contributed by atoms with Crippen LogP contribution >= 0.6 is 11.3 Å². The molecule has 3 heterocycles. The number of hydrogen-bond acceptors (Lipinski definition) is 4. The number of amides is 2. The topological polar surface area (TPSA) is 58.1 Å². The van der Waals surface area contributed by atoms with Crippen LogP contribution in [-0.2, 0) is 0 Å². The fraction of sp³-hybridized carbons (Fsp3) is 0.0500. The van der Waals surface area contributed by atoms with Crippen molar-refractivity contribution in [2.24, 2.45) is 0 Å². The number of benzene rings is 2. The van der Waals surface area contributed by atoms with E-state index < -0.39 is 0 Å². The number of nitrogens with zero attached hydrogens (tertiary/aromatic N) is 3. The highest BCUT2D eigenvalue weighted by Crippen LogP contribution is 2.48. The molecule has 1 N–H and O–H groups in total. The highest BCUT2D eigenvalue weighted by Gasteiger charge is 2.32. The first-order chi connectivity index (χ1) is 13.1. The van der Waals surface area contributed by atoms with Gasteiger partial charge in [-0.1, -0.05) is 30.3 Å². The van der Waals surface area contributed by atoms with E-state index in [1.807, 2.05) is 30.3 Å². The fourth-order valence-corrected chi connectivity index (χ4v) is 4.36. The molecule has 132 valence electrons. The van der Waals surface area contributed by atoms with Gasteiger partial charge in [0.05, 0.1) is 21.6 Å².